The molecular formula is C18H26. The average molecular weight is 242 g/mol. The van der Waals surface area contributed by atoms with E-state index in [0.29, 0.717) is 5.41 Å². The fourth-order valence-electron chi connectivity index (χ4n) is 4.58. The molecule has 2 aliphatic carbocycles. The first-order chi connectivity index (χ1) is 8.57. The lowest BCUT2D eigenvalue weighted by Gasteiger charge is -2.47. The molecule has 0 heteroatoms. The average Bonchev–Trinajstić information content (AvgIpc) is 2.36. The summed E-state index contributed by atoms with van der Waals surface area (Å²) < 4.78 is 0. The van der Waals surface area contributed by atoms with Crippen LogP contribution in [-0.4, -0.2) is 0 Å². The summed E-state index contributed by atoms with van der Waals surface area (Å²) in [6.07, 6.45) is 7.03. The summed E-state index contributed by atoms with van der Waals surface area (Å²) >= 11 is 0. The van der Waals surface area contributed by atoms with E-state index in [1.54, 1.807) is 11.1 Å². The molecular weight excluding hydrogens is 216 g/mol. The van der Waals surface area contributed by atoms with Gasteiger partial charge >= 0.3 is 0 Å². The molecule has 3 unspecified atom stereocenters. The molecule has 0 spiro atoms. The summed E-state index contributed by atoms with van der Waals surface area (Å²) in [5.41, 5.74) is 3.80. The van der Waals surface area contributed by atoms with Gasteiger partial charge in [-0.3, -0.25) is 0 Å². The van der Waals surface area contributed by atoms with E-state index in [9.17, 15) is 0 Å². The number of rotatable bonds is 0. The van der Waals surface area contributed by atoms with E-state index in [1.807, 2.05) is 0 Å². The lowest BCUT2D eigenvalue weighted by Crippen LogP contribution is -2.37. The third-order valence-electron chi connectivity index (χ3n) is 5.38. The Morgan fingerprint density at radius 1 is 1.00 bits per heavy atom. The van der Waals surface area contributed by atoms with Crippen LogP contribution in [0.1, 0.15) is 63.5 Å². The second-order valence-corrected chi connectivity index (χ2v) is 7.41. The van der Waals surface area contributed by atoms with Crippen LogP contribution in [0.2, 0.25) is 0 Å². The zero-order valence-electron chi connectivity index (χ0n) is 12.1. The quantitative estimate of drug-likeness (QED) is 0.588. The van der Waals surface area contributed by atoms with E-state index in [0.717, 1.165) is 17.8 Å². The highest BCUT2D eigenvalue weighted by molar-refractivity contribution is 5.34. The molecule has 98 valence electrons. The van der Waals surface area contributed by atoms with Crippen LogP contribution in [0.5, 0.6) is 0 Å². The molecule has 2 aliphatic rings. The van der Waals surface area contributed by atoms with Crippen molar-refractivity contribution in [1.82, 2.24) is 0 Å². The van der Waals surface area contributed by atoms with Crippen LogP contribution in [0.3, 0.4) is 0 Å². The number of hydrogen-bond donors (Lipinski definition) is 0. The second kappa shape index (κ2) is 4.40. The molecule has 0 aliphatic heterocycles. The van der Waals surface area contributed by atoms with Gasteiger partial charge in [-0.1, -0.05) is 51.5 Å². The van der Waals surface area contributed by atoms with E-state index < -0.39 is 0 Å². The van der Waals surface area contributed by atoms with Crippen molar-refractivity contribution in [2.75, 3.05) is 0 Å². The molecule has 1 aromatic carbocycles. The third-order valence-corrected chi connectivity index (χ3v) is 5.38. The number of fused-ring (bicyclic) bond motifs is 3. The Hall–Kier alpha value is -0.780. The van der Waals surface area contributed by atoms with Gasteiger partial charge in [-0.25, -0.2) is 0 Å². The van der Waals surface area contributed by atoms with Crippen molar-refractivity contribution >= 4 is 0 Å². The summed E-state index contributed by atoms with van der Waals surface area (Å²) in [6, 6.07) is 9.20. The van der Waals surface area contributed by atoms with Crippen LogP contribution in [0, 0.1) is 17.3 Å². The van der Waals surface area contributed by atoms with Gasteiger partial charge in [0.25, 0.3) is 0 Å². The van der Waals surface area contributed by atoms with E-state index in [-0.39, 0.29) is 0 Å². The molecule has 0 saturated heterocycles. The summed E-state index contributed by atoms with van der Waals surface area (Å²) in [6.45, 7) is 7.33. The lowest BCUT2D eigenvalue weighted by atomic mass is 9.57. The zero-order valence-corrected chi connectivity index (χ0v) is 12.1. The smallest absolute Gasteiger partial charge is 0.0128 e. The Morgan fingerprint density at radius 2 is 1.78 bits per heavy atom. The van der Waals surface area contributed by atoms with Gasteiger partial charge in [0.15, 0.2) is 0 Å². The zero-order chi connectivity index (χ0) is 12.8. The van der Waals surface area contributed by atoms with E-state index in [1.165, 1.54) is 32.1 Å². The second-order valence-electron chi connectivity index (χ2n) is 7.41. The van der Waals surface area contributed by atoms with Gasteiger partial charge in [-0.2, -0.15) is 0 Å². The molecule has 0 nitrogen and oxygen atoms in total. The van der Waals surface area contributed by atoms with Crippen molar-refractivity contribution in [2.45, 2.75) is 58.8 Å². The maximum absolute atomic E-state index is 2.44. The van der Waals surface area contributed by atoms with Crippen molar-refractivity contribution in [3.63, 3.8) is 0 Å². The van der Waals surface area contributed by atoms with Crippen LogP contribution >= 0.6 is 0 Å². The molecule has 3 rings (SSSR count). The molecule has 0 bridgehead atoms. The molecule has 18 heavy (non-hydrogen) atoms. The van der Waals surface area contributed by atoms with E-state index >= 15 is 0 Å². The summed E-state index contributed by atoms with van der Waals surface area (Å²) in [5.74, 6) is 2.71. The van der Waals surface area contributed by atoms with Crippen LogP contribution in [0.15, 0.2) is 24.3 Å². The molecule has 1 aromatic rings. The van der Waals surface area contributed by atoms with Gasteiger partial charge < -0.3 is 0 Å². The summed E-state index contributed by atoms with van der Waals surface area (Å²) in [5, 5.41) is 0. The maximum Gasteiger partial charge on any atom is -0.0128 e. The molecule has 0 N–H and O–H groups in total. The predicted molar refractivity (Wildman–Crippen MR) is 77.8 cm³/mol. The Kier molecular flexibility index (Phi) is 3.00. The monoisotopic (exact) mass is 242 g/mol. The normalized spacial score (nSPS) is 31.6. The highest BCUT2D eigenvalue weighted by Gasteiger charge is 2.41. The number of benzene rings is 1. The van der Waals surface area contributed by atoms with Gasteiger partial charge in [0, 0.05) is 0 Å². The lowest BCUT2D eigenvalue weighted by molar-refractivity contribution is 0.0782. The number of aryl methyl sites for hydroxylation is 1. The first-order valence-corrected chi connectivity index (χ1v) is 7.65. The minimum atomic E-state index is 0.482. The number of hydrogen-bond acceptors (Lipinski definition) is 0. The molecule has 1 fully saturated rings. The maximum atomic E-state index is 2.44. The van der Waals surface area contributed by atoms with Gasteiger partial charge in [0.2, 0.25) is 0 Å². The van der Waals surface area contributed by atoms with Crippen LogP contribution in [0.4, 0.5) is 0 Å². The third kappa shape index (κ3) is 2.00. The van der Waals surface area contributed by atoms with Crippen LogP contribution in [0.25, 0.3) is 0 Å². The highest BCUT2D eigenvalue weighted by Crippen LogP contribution is 2.52. The molecule has 0 radical (unpaired) electrons. The van der Waals surface area contributed by atoms with Gasteiger partial charge in [-0.15, -0.1) is 0 Å². The summed E-state index contributed by atoms with van der Waals surface area (Å²) in [7, 11) is 0. The topological polar surface area (TPSA) is 0 Å². The van der Waals surface area contributed by atoms with Crippen molar-refractivity contribution in [2.24, 2.45) is 17.3 Å². The van der Waals surface area contributed by atoms with E-state index in [2.05, 4.69) is 45.0 Å². The first kappa shape index (κ1) is 12.3. The van der Waals surface area contributed by atoms with Crippen molar-refractivity contribution in [3.8, 4) is 0 Å². The first-order valence-electron chi connectivity index (χ1n) is 7.65. The molecule has 0 aromatic heterocycles. The Bertz CT molecular complexity index is 424. The Labute approximate surface area is 112 Å². The van der Waals surface area contributed by atoms with Crippen molar-refractivity contribution in [3.05, 3.63) is 35.4 Å². The van der Waals surface area contributed by atoms with Crippen molar-refractivity contribution < 1.29 is 0 Å². The van der Waals surface area contributed by atoms with Gasteiger partial charge in [0.1, 0.15) is 0 Å². The molecule has 3 atom stereocenters. The fourth-order valence-corrected chi connectivity index (χ4v) is 4.58. The molecule has 1 saturated carbocycles. The SMILES string of the molecule is CC(C)(C)C1CCCC2c3ccccc3CCC21. The van der Waals surface area contributed by atoms with Gasteiger partial charge in [0.05, 0.1) is 0 Å². The highest BCUT2D eigenvalue weighted by atomic mass is 14.5. The summed E-state index contributed by atoms with van der Waals surface area (Å²) in [4.78, 5) is 0. The standard InChI is InChI=1S/C18H26/c1-18(2,3)17-10-6-9-15-14-8-5-4-7-13(14)11-12-16(15)17/h4-5,7-8,15-17H,6,9-12H2,1-3H3. The molecule has 0 amide bonds. The minimum absolute atomic E-state index is 0.482. The minimum Gasteiger partial charge on any atom is -0.0620 e. The van der Waals surface area contributed by atoms with Crippen molar-refractivity contribution in [1.29, 1.82) is 0 Å². The Morgan fingerprint density at radius 3 is 2.56 bits per heavy atom. The molecule has 0 heterocycles. The predicted octanol–water partition coefficient (Wildman–Crippen LogP) is 5.18. The van der Waals surface area contributed by atoms with Crippen LogP contribution in [-0.2, 0) is 6.42 Å². The van der Waals surface area contributed by atoms with Crippen LogP contribution < -0.4 is 0 Å². The largest absolute Gasteiger partial charge is 0.0620 e. The Balaban J connectivity index is 1.95. The fraction of sp³-hybridized carbons (Fsp3) is 0.667. The van der Waals surface area contributed by atoms with Gasteiger partial charge in [-0.05, 0) is 60.0 Å². The van der Waals surface area contributed by atoms with E-state index in [4.69, 9.17) is 0 Å².